The molecular weight excluding hydrogens is 238 g/mol. The summed E-state index contributed by atoms with van der Waals surface area (Å²) in [6.07, 6.45) is 6.60. The van der Waals surface area contributed by atoms with Crippen molar-refractivity contribution in [2.24, 2.45) is 11.3 Å². The maximum absolute atomic E-state index is 6.02. The molecule has 0 aromatic carbocycles. The molecule has 0 unspecified atom stereocenters. The smallest absolute Gasteiger partial charge is 0.239 e. The van der Waals surface area contributed by atoms with Crippen LogP contribution in [0.15, 0.2) is 6.20 Å². The first-order chi connectivity index (χ1) is 8.19. The highest BCUT2D eigenvalue weighted by atomic mass is 35.5. The number of hydrogen-bond donors (Lipinski definition) is 3. The van der Waals surface area contributed by atoms with Crippen LogP contribution in [0, 0.1) is 5.41 Å². The Bertz CT molecular complexity index is 391. The Balaban J connectivity index is 1.98. The molecule has 1 aliphatic carbocycles. The van der Waals surface area contributed by atoms with Gasteiger partial charge in [-0.05, 0) is 24.7 Å². The number of hydrogen-bond acceptors (Lipinski definition) is 5. The van der Waals surface area contributed by atoms with E-state index in [0.717, 1.165) is 6.54 Å². The van der Waals surface area contributed by atoms with Gasteiger partial charge in [-0.15, -0.1) is 0 Å². The van der Waals surface area contributed by atoms with Crippen LogP contribution in [0.1, 0.15) is 32.6 Å². The summed E-state index contributed by atoms with van der Waals surface area (Å²) in [5.41, 5.74) is 2.87. The molecule has 0 spiro atoms. The van der Waals surface area contributed by atoms with E-state index in [9.17, 15) is 0 Å². The fraction of sp³-hybridized carbons (Fsp3) is 0.636. The molecule has 1 aromatic rings. The quantitative estimate of drug-likeness (QED) is 0.538. The highest BCUT2D eigenvalue weighted by Gasteiger charge is 2.41. The maximum atomic E-state index is 6.02. The Morgan fingerprint density at radius 2 is 2.29 bits per heavy atom. The molecule has 17 heavy (non-hydrogen) atoms. The number of halogens is 1. The third kappa shape index (κ3) is 2.98. The maximum Gasteiger partial charge on any atom is 0.239 e. The van der Waals surface area contributed by atoms with Crippen molar-refractivity contribution in [3.8, 4) is 0 Å². The van der Waals surface area contributed by atoms with E-state index in [1.54, 1.807) is 6.20 Å². The summed E-state index contributed by atoms with van der Waals surface area (Å²) < 4.78 is 0. The van der Waals surface area contributed by atoms with E-state index >= 15 is 0 Å². The van der Waals surface area contributed by atoms with E-state index in [1.165, 1.54) is 25.7 Å². The predicted octanol–water partition coefficient (Wildman–Crippen LogP) is 2.41. The van der Waals surface area contributed by atoms with E-state index in [1.807, 2.05) is 0 Å². The van der Waals surface area contributed by atoms with E-state index in [0.29, 0.717) is 22.2 Å². The van der Waals surface area contributed by atoms with E-state index < -0.39 is 0 Å². The minimum Gasteiger partial charge on any atom is -0.368 e. The van der Waals surface area contributed by atoms with Crippen LogP contribution in [0.25, 0.3) is 0 Å². The second-order valence-electron chi connectivity index (χ2n) is 4.64. The summed E-state index contributed by atoms with van der Waals surface area (Å²) in [5, 5.41) is 3.82. The van der Waals surface area contributed by atoms with Crippen LogP contribution in [-0.4, -0.2) is 16.5 Å². The van der Waals surface area contributed by atoms with Gasteiger partial charge in [-0.2, -0.15) is 4.98 Å². The average Bonchev–Trinajstić information content (AvgIpc) is 3.09. The zero-order valence-corrected chi connectivity index (χ0v) is 10.7. The molecule has 0 bridgehead atoms. The van der Waals surface area contributed by atoms with Gasteiger partial charge < -0.3 is 5.32 Å². The van der Waals surface area contributed by atoms with Crippen molar-refractivity contribution in [2.75, 3.05) is 17.3 Å². The van der Waals surface area contributed by atoms with Crippen molar-refractivity contribution in [1.82, 2.24) is 9.97 Å². The molecule has 1 aliphatic rings. The first kappa shape index (κ1) is 12.4. The molecule has 1 heterocycles. The lowest BCUT2D eigenvalue weighted by atomic mass is 10.0. The van der Waals surface area contributed by atoms with Crippen molar-refractivity contribution in [1.29, 1.82) is 0 Å². The van der Waals surface area contributed by atoms with Gasteiger partial charge in [-0.3, -0.25) is 5.43 Å². The molecular formula is C11H18ClN5. The second-order valence-corrected chi connectivity index (χ2v) is 5.05. The van der Waals surface area contributed by atoms with Crippen LogP contribution >= 0.6 is 11.6 Å². The van der Waals surface area contributed by atoms with Gasteiger partial charge in [0.05, 0.1) is 6.20 Å². The Labute approximate surface area is 106 Å². The van der Waals surface area contributed by atoms with Crippen LogP contribution in [0.5, 0.6) is 0 Å². The van der Waals surface area contributed by atoms with Crippen LogP contribution in [0.4, 0.5) is 11.8 Å². The van der Waals surface area contributed by atoms with Crippen LogP contribution < -0.4 is 16.6 Å². The van der Waals surface area contributed by atoms with Crippen molar-refractivity contribution in [3.63, 3.8) is 0 Å². The molecule has 6 heteroatoms. The van der Waals surface area contributed by atoms with Crippen LogP contribution in [0.2, 0.25) is 5.02 Å². The molecule has 0 amide bonds. The number of aromatic nitrogens is 2. The summed E-state index contributed by atoms with van der Waals surface area (Å²) in [6.45, 7) is 3.13. The Morgan fingerprint density at radius 1 is 1.53 bits per heavy atom. The van der Waals surface area contributed by atoms with Gasteiger partial charge in [0, 0.05) is 6.54 Å². The molecule has 1 aromatic heterocycles. The lowest BCUT2D eigenvalue weighted by Gasteiger charge is -2.16. The molecule has 2 rings (SSSR count). The van der Waals surface area contributed by atoms with Gasteiger partial charge in [-0.25, -0.2) is 10.8 Å². The summed E-state index contributed by atoms with van der Waals surface area (Å²) in [7, 11) is 0. The minimum atomic E-state index is 0.372. The molecule has 0 radical (unpaired) electrons. The summed E-state index contributed by atoms with van der Waals surface area (Å²) in [5.74, 6) is 6.29. The van der Waals surface area contributed by atoms with Gasteiger partial charge in [0.15, 0.2) is 5.82 Å². The van der Waals surface area contributed by atoms with Crippen molar-refractivity contribution >= 4 is 23.4 Å². The number of nitrogen functional groups attached to an aromatic ring is 1. The normalized spacial score (nSPS) is 16.6. The number of nitrogens with two attached hydrogens (primary N) is 1. The van der Waals surface area contributed by atoms with Crippen molar-refractivity contribution in [2.45, 2.75) is 32.6 Å². The van der Waals surface area contributed by atoms with Crippen molar-refractivity contribution < 1.29 is 0 Å². The Hall–Kier alpha value is -1.07. The Kier molecular flexibility index (Phi) is 3.69. The summed E-state index contributed by atoms with van der Waals surface area (Å²) >= 11 is 6.02. The number of anilines is 2. The summed E-state index contributed by atoms with van der Waals surface area (Å²) in [6, 6.07) is 0. The van der Waals surface area contributed by atoms with E-state index in [-0.39, 0.29) is 0 Å². The highest BCUT2D eigenvalue weighted by molar-refractivity contribution is 6.32. The van der Waals surface area contributed by atoms with Crippen LogP contribution in [-0.2, 0) is 0 Å². The monoisotopic (exact) mass is 255 g/mol. The summed E-state index contributed by atoms with van der Waals surface area (Å²) in [4.78, 5) is 8.13. The first-order valence-corrected chi connectivity index (χ1v) is 6.30. The molecule has 0 aliphatic heterocycles. The molecule has 0 atom stereocenters. The highest BCUT2D eigenvalue weighted by Crippen LogP contribution is 2.49. The zero-order valence-electron chi connectivity index (χ0n) is 9.96. The first-order valence-electron chi connectivity index (χ1n) is 5.92. The lowest BCUT2D eigenvalue weighted by Crippen LogP contribution is -2.17. The fourth-order valence-corrected chi connectivity index (χ4v) is 2.21. The molecule has 1 saturated carbocycles. The Morgan fingerprint density at radius 3 is 2.88 bits per heavy atom. The predicted molar refractivity (Wildman–Crippen MR) is 69.9 cm³/mol. The van der Waals surface area contributed by atoms with E-state index in [4.69, 9.17) is 17.4 Å². The fourth-order valence-electron chi connectivity index (χ4n) is 2.05. The largest absolute Gasteiger partial charge is 0.368 e. The average molecular weight is 256 g/mol. The van der Waals surface area contributed by atoms with Gasteiger partial charge in [-0.1, -0.05) is 24.9 Å². The van der Waals surface area contributed by atoms with Crippen molar-refractivity contribution in [3.05, 3.63) is 11.2 Å². The van der Waals surface area contributed by atoms with Gasteiger partial charge in [0.1, 0.15) is 5.02 Å². The second kappa shape index (κ2) is 5.06. The van der Waals surface area contributed by atoms with E-state index in [2.05, 4.69) is 27.6 Å². The number of nitrogens with zero attached hydrogens (tertiary/aromatic N) is 2. The van der Waals surface area contributed by atoms with Crippen LogP contribution in [0.3, 0.4) is 0 Å². The molecule has 94 valence electrons. The third-order valence-electron chi connectivity index (χ3n) is 3.24. The molecule has 0 saturated heterocycles. The zero-order chi connectivity index (χ0) is 12.3. The topological polar surface area (TPSA) is 75.9 Å². The molecule has 4 N–H and O–H groups in total. The SMILES string of the molecule is CCCC1(CNc2nc(NN)ncc2Cl)CC1. The number of rotatable bonds is 6. The molecule has 5 nitrogen and oxygen atoms in total. The number of nitrogens with one attached hydrogen (secondary N) is 2. The van der Waals surface area contributed by atoms with Gasteiger partial charge >= 0.3 is 0 Å². The van der Waals surface area contributed by atoms with Gasteiger partial charge in [0.25, 0.3) is 0 Å². The molecule has 1 fully saturated rings. The standard InChI is InChI=1S/C11H18ClN5/c1-2-3-11(4-5-11)7-15-9-8(12)6-14-10(16-9)17-13/h6H,2-5,7,13H2,1H3,(H2,14,15,16,17). The lowest BCUT2D eigenvalue weighted by molar-refractivity contribution is 0.485. The minimum absolute atomic E-state index is 0.372. The van der Waals surface area contributed by atoms with Gasteiger partial charge in [0.2, 0.25) is 5.95 Å². The third-order valence-corrected chi connectivity index (χ3v) is 3.52. The number of hydrazine groups is 1.